The molecule has 0 heterocycles. The largest absolute Gasteiger partial charge is 0.481 e. The van der Waals surface area contributed by atoms with Crippen molar-refractivity contribution in [2.75, 3.05) is 6.61 Å². The van der Waals surface area contributed by atoms with Crippen molar-refractivity contribution in [3.05, 3.63) is 64.9 Å². The fraction of sp³-hybridized carbons (Fsp3) is 0.125. The third kappa shape index (κ3) is 4.30. The Hall–Kier alpha value is -2.40. The zero-order chi connectivity index (χ0) is 15.9. The monoisotopic (exact) mass is 320 g/mol. The maximum atomic E-state index is 13.3. The van der Waals surface area contributed by atoms with Gasteiger partial charge in [0.2, 0.25) is 0 Å². The number of halogens is 2. The minimum Gasteiger partial charge on any atom is -0.481 e. The van der Waals surface area contributed by atoms with Crippen LogP contribution in [0.25, 0.3) is 0 Å². The number of hydrazone groups is 1. The van der Waals surface area contributed by atoms with Crippen LogP contribution in [0.2, 0.25) is 5.02 Å². The highest BCUT2D eigenvalue weighted by Gasteiger charge is 2.07. The van der Waals surface area contributed by atoms with Crippen molar-refractivity contribution < 1.29 is 13.9 Å². The van der Waals surface area contributed by atoms with Crippen LogP contribution in [0.5, 0.6) is 5.75 Å². The highest BCUT2D eigenvalue weighted by molar-refractivity contribution is 6.34. The Balaban J connectivity index is 1.91. The predicted molar refractivity (Wildman–Crippen MR) is 83.7 cm³/mol. The summed E-state index contributed by atoms with van der Waals surface area (Å²) in [5.74, 6) is -0.995. The van der Waals surface area contributed by atoms with Crippen LogP contribution in [0, 0.1) is 5.82 Å². The molecule has 0 atom stereocenters. The highest BCUT2D eigenvalue weighted by Crippen LogP contribution is 2.16. The number of nitrogens with zero attached hydrogens (tertiary/aromatic N) is 1. The summed E-state index contributed by atoms with van der Waals surface area (Å²) in [7, 11) is 0. The van der Waals surface area contributed by atoms with Crippen LogP contribution in [-0.4, -0.2) is 18.2 Å². The van der Waals surface area contributed by atoms with Crippen molar-refractivity contribution in [1.82, 2.24) is 5.43 Å². The maximum Gasteiger partial charge on any atom is 0.277 e. The summed E-state index contributed by atoms with van der Waals surface area (Å²) in [5.41, 5.74) is 3.62. The molecule has 0 saturated heterocycles. The fourth-order valence-electron chi connectivity index (χ4n) is 1.70. The molecule has 114 valence electrons. The van der Waals surface area contributed by atoms with Crippen molar-refractivity contribution in [1.29, 1.82) is 0 Å². The first-order valence-electron chi connectivity index (χ1n) is 6.53. The fourth-order valence-corrected chi connectivity index (χ4v) is 1.97. The molecule has 2 aromatic carbocycles. The molecule has 0 aliphatic heterocycles. The normalized spacial score (nSPS) is 11.1. The number of nitrogens with one attached hydrogen (secondary N) is 1. The van der Waals surface area contributed by atoms with Crippen LogP contribution < -0.4 is 10.2 Å². The van der Waals surface area contributed by atoms with Crippen molar-refractivity contribution in [2.45, 2.75) is 6.92 Å². The number of carbonyl (C=O) groups excluding carboxylic acids is 1. The minimum absolute atomic E-state index is 0.0180. The summed E-state index contributed by atoms with van der Waals surface area (Å²) in [6, 6.07) is 13.0. The maximum absolute atomic E-state index is 13.3. The topological polar surface area (TPSA) is 50.7 Å². The molecular formula is C16H14ClFN2O2. The zero-order valence-corrected chi connectivity index (χ0v) is 12.6. The molecule has 0 spiro atoms. The van der Waals surface area contributed by atoms with Gasteiger partial charge in [0.25, 0.3) is 5.91 Å². The number of hydrogen-bond donors (Lipinski definition) is 1. The van der Waals surface area contributed by atoms with Gasteiger partial charge in [-0.2, -0.15) is 5.10 Å². The summed E-state index contributed by atoms with van der Waals surface area (Å²) < 4.78 is 18.4. The Kier molecular flexibility index (Phi) is 5.49. The van der Waals surface area contributed by atoms with E-state index in [-0.39, 0.29) is 12.4 Å². The van der Waals surface area contributed by atoms with Crippen LogP contribution >= 0.6 is 11.6 Å². The summed E-state index contributed by atoms with van der Waals surface area (Å²) >= 11 is 6.03. The zero-order valence-electron chi connectivity index (χ0n) is 11.8. The van der Waals surface area contributed by atoms with Crippen LogP contribution in [0.4, 0.5) is 4.39 Å². The van der Waals surface area contributed by atoms with Gasteiger partial charge in [-0.15, -0.1) is 0 Å². The lowest BCUT2D eigenvalue weighted by molar-refractivity contribution is -0.123. The van der Waals surface area contributed by atoms with E-state index in [0.717, 1.165) is 5.56 Å². The molecule has 1 amide bonds. The van der Waals surface area contributed by atoms with E-state index < -0.39 is 11.7 Å². The van der Waals surface area contributed by atoms with E-state index in [2.05, 4.69) is 10.5 Å². The van der Waals surface area contributed by atoms with E-state index in [1.807, 2.05) is 6.07 Å². The van der Waals surface area contributed by atoms with Crippen LogP contribution in [0.1, 0.15) is 12.5 Å². The molecule has 0 aliphatic carbocycles. The van der Waals surface area contributed by atoms with Gasteiger partial charge in [0.15, 0.2) is 18.2 Å². The molecule has 2 rings (SSSR count). The minimum atomic E-state index is -0.522. The van der Waals surface area contributed by atoms with Gasteiger partial charge < -0.3 is 4.74 Å². The van der Waals surface area contributed by atoms with Gasteiger partial charge in [0.1, 0.15) is 0 Å². The molecule has 0 bridgehead atoms. The number of carbonyl (C=O) groups is 1. The standard InChI is InChI=1S/C16H14ClFN2O2/c1-11(12-6-2-3-7-13(12)17)19-20-16(21)10-22-15-9-5-4-8-14(15)18/h2-9H,10H2,1H3,(H,20,21)/b19-11-. The summed E-state index contributed by atoms with van der Waals surface area (Å²) in [5, 5.41) is 4.49. The van der Waals surface area contributed by atoms with Crippen molar-refractivity contribution in [3.8, 4) is 5.75 Å². The second-order valence-corrected chi connectivity index (χ2v) is 4.84. The van der Waals surface area contributed by atoms with Crippen LogP contribution in [-0.2, 0) is 4.79 Å². The van der Waals surface area contributed by atoms with Gasteiger partial charge in [0, 0.05) is 10.6 Å². The average molecular weight is 321 g/mol. The number of amides is 1. The Morgan fingerprint density at radius 1 is 1.23 bits per heavy atom. The molecule has 0 aromatic heterocycles. The van der Waals surface area contributed by atoms with Gasteiger partial charge >= 0.3 is 0 Å². The van der Waals surface area contributed by atoms with Crippen LogP contribution in [0.3, 0.4) is 0 Å². The number of para-hydroxylation sites is 1. The molecule has 4 nitrogen and oxygen atoms in total. The molecule has 0 saturated carbocycles. The van der Waals surface area contributed by atoms with Gasteiger partial charge in [-0.3, -0.25) is 4.79 Å². The van der Waals surface area contributed by atoms with Crippen molar-refractivity contribution in [2.24, 2.45) is 5.10 Å². The van der Waals surface area contributed by atoms with E-state index >= 15 is 0 Å². The second-order valence-electron chi connectivity index (χ2n) is 4.43. The van der Waals surface area contributed by atoms with E-state index in [1.54, 1.807) is 37.3 Å². The molecule has 0 aliphatic rings. The molecule has 1 N–H and O–H groups in total. The van der Waals surface area contributed by atoms with Gasteiger partial charge in [-0.25, -0.2) is 9.82 Å². The van der Waals surface area contributed by atoms with E-state index in [9.17, 15) is 9.18 Å². The Labute approximate surface area is 132 Å². The number of benzene rings is 2. The summed E-state index contributed by atoms with van der Waals surface area (Å²) in [6.45, 7) is 1.39. The van der Waals surface area contributed by atoms with Gasteiger partial charge in [-0.05, 0) is 25.1 Å². The first-order chi connectivity index (χ1) is 10.6. The lowest BCUT2D eigenvalue weighted by Crippen LogP contribution is -2.25. The van der Waals surface area contributed by atoms with E-state index in [1.165, 1.54) is 12.1 Å². The summed E-state index contributed by atoms with van der Waals surface area (Å²) in [4.78, 5) is 11.6. The highest BCUT2D eigenvalue weighted by atomic mass is 35.5. The number of rotatable bonds is 5. The third-order valence-electron chi connectivity index (χ3n) is 2.81. The lowest BCUT2D eigenvalue weighted by atomic mass is 10.1. The van der Waals surface area contributed by atoms with Gasteiger partial charge in [0.05, 0.1) is 5.71 Å². The Morgan fingerprint density at radius 2 is 1.91 bits per heavy atom. The first kappa shape index (κ1) is 16.0. The average Bonchev–Trinajstić information content (AvgIpc) is 2.52. The summed E-state index contributed by atoms with van der Waals surface area (Å²) in [6.07, 6.45) is 0. The van der Waals surface area contributed by atoms with Crippen LogP contribution in [0.15, 0.2) is 53.6 Å². The first-order valence-corrected chi connectivity index (χ1v) is 6.91. The number of ether oxygens (including phenoxy) is 1. The van der Waals surface area contributed by atoms with E-state index in [4.69, 9.17) is 16.3 Å². The Morgan fingerprint density at radius 3 is 2.64 bits per heavy atom. The molecule has 2 aromatic rings. The molecular weight excluding hydrogens is 307 g/mol. The molecule has 0 unspecified atom stereocenters. The smallest absolute Gasteiger partial charge is 0.277 e. The quantitative estimate of drug-likeness (QED) is 0.678. The second kappa shape index (κ2) is 7.56. The number of hydrogen-bond acceptors (Lipinski definition) is 3. The lowest BCUT2D eigenvalue weighted by Gasteiger charge is -2.07. The molecule has 6 heteroatoms. The Bertz CT molecular complexity index is 704. The van der Waals surface area contributed by atoms with Crippen molar-refractivity contribution in [3.63, 3.8) is 0 Å². The van der Waals surface area contributed by atoms with Crippen molar-refractivity contribution >= 4 is 23.2 Å². The van der Waals surface area contributed by atoms with Gasteiger partial charge in [-0.1, -0.05) is 41.9 Å². The SMILES string of the molecule is C/C(=N/NC(=O)COc1ccccc1F)c1ccccc1Cl. The van der Waals surface area contributed by atoms with E-state index in [0.29, 0.717) is 10.7 Å². The molecule has 0 radical (unpaired) electrons. The third-order valence-corrected chi connectivity index (χ3v) is 3.14. The predicted octanol–water partition coefficient (Wildman–Crippen LogP) is 3.40. The molecule has 22 heavy (non-hydrogen) atoms. The molecule has 0 fully saturated rings.